The first-order chi connectivity index (χ1) is 23.3. The topological polar surface area (TPSA) is 138 Å². The zero-order chi connectivity index (χ0) is 35.2. The lowest BCUT2D eigenvalue weighted by atomic mass is 9.89. The number of amides is 1. The van der Waals surface area contributed by atoms with Gasteiger partial charge in [-0.05, 0) is 71.3 Å². The average molecular weight is 680 g/mol. The number of ketones is 1. The Kier molecular flexibility index (Phi) is 10.8. The van der Waals surface area contributed by atoms with E-state index in [0.29, 0.717) is 23.5 Å². The molecule has 4 aromatic carbocycles. The average Bonchev–Trinajstić information content (AvgIpc) is 3.50. The number of hydrogen-bond acceptors (Lipinski definition) is 6. The van der Waals surface area contributed by atoms with E-state index in [-0.39, 0.29) is 29.9 Å². The molecule has 49 heavy (non-hydrogen) atoms. The van der Waals surface area contributed by atoms with Gasteiger partial charge in [-0.2, -0.15) is 8.42 Å². The summed E-state index contributed by atoms with van der Waals surface area (Å²) in [6.07, 6.45) is 4.65. The second-order valence-corrected chi connectivity index (χ2v) is 14.7. The van der Waals surface area contributed by atoms with E-state index in [4.69, 9.17) is 9.29 Å². The van der Waals surface area contributed by atoms with Crippen LogP contribution >= 0.6 is 0 Å². The monoisotopic (exact) mass is 679 g/mol. The highest BCUT2D eigenvalue weighted by atomic mass is 32.2. The molecule has 1 aromatic heterocycles. The van der Waals surface area contributed by atoms with E-state index < -0.39 is 21.8 Å². The zero-order valence-electron chi connectivity index (χ0n) is 28.1. The predicted octanol–water partition coefficient (Wildman–Crippen LogP) is 8.11. The lowest BCUT2D eigenvalue weighted by Crippen LogP contribution is -2.23. The summed E-state index contributed by atoms with van der Waals surface area (Å²) in [7, 11) is -2.49. The molecule has 0 aliphatic heterocycles. The molecule has 0 spiro atoms. The molecule has 5 rings (SSSR count). The predicted molar refractivity (Wildman–Crippen MR) is 195 cm³/mol. The van der Waals surface area contributed by atoms with Crippen LogP contribution in [0.25, 0.3) is 28.5 Å². The minimum absolute atomic E-state index is 0.00403. The number of H-pyrrole nitrogens is 1. The highest BCUT2D eigenvalue weighted by Crippen LogP contribution is 2.28. The molecule has 10 heteroatoms. The van der Waals surface area contributed by atoms with Crippen molar-refractivity contribution in [2.75, 3.05) is 18.2 Å². The van der Waals surface area contributed by atoms with Crippen LogP contribution in [0.4, 0.5) is 5.69 Å². The SMILES string of the molecule is COc1ccc2nc(-c3ccc(NC(=O)C(Cc4ccc(C(=O)CCCS(=O)(=O)O)cc4)c4ccc(/C=C/C(C)(C)C)cc4)cc3)[nH]c2c1. The van der Waals surface area contributed by atoms with Crippen molar-refractivity contribution >= 4 is 44.6 Å². The van der Waals surface area contributed by atoms with Gasteiger partial charge in [-0.1, -0.05) is 81.5 Å². The van der Waals surface area contributed by atoms with Crippen molar-refractivity contribution in [3.63, 3.8) is 0 Å². The maximum Gasteiger partial charge on any atom is 0.264 e. The van der Waals surface area contributed by atoms with E-state index in [1.165, 1.54) is 0 Å². The van der Waals surface area contributed by atoms with Gasteiger partial charge in [-0.15, -0.1) is 0 Å². The molecule has 0 saturated carbocycles. The van der Waals surface area contributed by atoms with Crippen LogP contribution in [0.5, 0.6) is 5.75 Å². The van der Waals surface area contributed by atoms with Crippen LogP contribution in [-0.2, 0) is 21.3 Å². The van der Waals surface area contributed by atoms with Gasteiger partial charge in [0, 0.05) is 29.3 Å². The molecule has 0 saturated heterocycles. The van der Waals surface area contributed by atoms with Gasteiger partial charge in [-0.3, -0.25) is 14.1 Å². The number of carbonyl (C=O) groups is 2. The molecule has 1 unspecified atom stereocenters. The van der Waals surface area contributed by atoms with E-state index in [9.17, 15) is 18.0 Å². The second-order valence-electron chi connectivity index (χ2n) is 13.2. The summed E-state index contributed by atoms with van der Waals surface area (Å²) in [6, 6.07) is 28.1. The molecule has 0 radical (unpaired) electrons. The molecule has 9 nitrogen and oxygen atoms in total. The van der Waals surface area contributed by atoms with Crippen LogP contribution in [-0.4, -0.2) is 47.5 Å². The number of benzene rings is 4. The van der Waals surface area contributed by atoms with Gasteiger partial charge in [0.15, 0.2) is 5.78 Å². The van der Waals surface area contributed by atoms with Gasteiger partial charge >= 0.3 is 0 Å². The van der Waals surface area contributed by atoms with Crippen molar-refractivity contribution < 1.29 is 27.3 Å². The number of aromatic nitrogens is 2. The third-order valence-electron chi connectivity index (χ3n) is 8.07. The number of ether oxygens (including phenoxy) is 1. The van der Waals surface area contributed by atoms with Crippen molar-refractivity contribution in [1.82, 2.24) is 9.97 Å². The number of anilines is 1. The largest absolute Gasteiger partial charge is 0.497 e. The van der Waals surface area contributed by atoms with Gasteiger partial charge in [0.2, 0.25) is 5.91 Å². The molecule has 0 fully saturated rings. The van der Waals surface area contributed by atoms with Gasteiger partial charge < -0.3 is 15.0 Å². The van der Waals surface area contributed by atoms with Crippen molar-refractivity contribution in [3.05, 3.63) is 119 Å². The summed E-state index contributed by atoms with van der Waals surface area (Å²) in [4.78, 5) is 34.5. The number of imidazole rings is 1. The molecule has 0 aliphatic carbocycles. The summed E-state index contributed by atoms with van der Waals surface area (Å²) in [5.74, 6) is 0.0732. The molecule has 1 amide bonds. The fourth-order valence-corrected chi connectivity index (χ4v) is 5.87. The number of Topliss-reactive ketones (excluding diaryl/α,β-unsaturated/α-hetero) is 1. The fourth-order valence-electron chi connectivity index (χ4n) is 5.36. The maximum absolute atomic E-state index is 13.9. The van der Waals surface area contributed by atoms with Crippen LogP contribution in [0.15, 0.2) is 97.1 Å². The first kappa shape index (κ1) is 35.3. The third-order valence-corrected chi connectivity index (χ3v) is 8.87. The number of allylic oxidation sites excluding steroid dienone is 1. The van der Waals surface area contributed by atoms with Crippen molar-refractivity contribution in [1.29, 1.82) is 0 Å². The Bertz CT molecular complexity index is 2060. The number of aromatic amines is 1. The van der Waals surface area contributed by atoms with Crippen molar-refractivity contribution in [2.45, 2.75) is 46.0 Å². The molecular weight excluding hydrogens is 639 g/mol. The number of nitrogens with zero attached hydrogens (tertiary/aromatic N) is 1. The van der Waals surface area contributed by atoms with Crippen LogP contribution in [0, 0.1) is 5.41 Å². The van der Waals surface area contributed by atoms with E-state index in [1.54, 1.807) is 19.2 Å². The zero-order valence-corrected chi connectivity index (χ0v) is 28.9. The van der Waals surface area contributed by atoms with Gasteiger partial charge in [0.05, 0.1) is 29.8 Å². The van der Waals surface area contributed by atoms with Gasteiger partial charge in [-0.25, -0.2) is 4.98 Å². The Hall–Kier alpha value is -5.06. The van der Waals surface area contributed by atoms with Crippen LogP contribution < -0.4 is 10.1 Å². The number of methoxy groups -OCH3 is 1. The molecule has 254 valence electrons. The number of fused-ring (bicyclic) bond motifs is 1. The van der Waals surface area contributed by atoms with E-state index in [1.807, 2.05) is 78.9 Å². The molecular formula is C39H41N3O6S. The van der Waals surface area contributed by atoms with Crippen molar-refractivity contribution in [2.24, 2.45) is 5.41 Å². The molecule has 1 heterocycles. The number of hydrogen-bond donors (Lipinski definition) is 3. The second kappa shape index (κ2) is 15.0. The summed E-state index contributed by atoms with van der Waals surface area (Å²) in [5.41, 5.74) is 6.44. The molecule has 1 atom stereocenters. The van der Waals surface area contributed by atoms with Gasteiger partial charge in [0.25, 0.3) is 10.1 Å². The quantitative estimate of drug-likeness (QED) is 0.0844. The summed E-state index contributed by atoms with van der Waals surface area (Å²) >= 11 is 0. The van der Waals surface area contributed by atoms with Crippen LogP contribution in [0.3, 0.4) is 0 Å². The molecule has 3 N–H and O–H groups in total. The highest BCUT2D eigenvalue weighted by Gasteiger charge is 2.22. The normalized spacial score (nSPS) is 12.7. The Morgan fingerprint density at radius 1 is 0.959 bits per heavy atom. The summed E-state index contributed by atoms with van der Waals surface area (Å²) in [5, 5.41) is 3.08. The number of carbonyl (C=O) groups excluding carboxylic acids is 2. The highest BCUT2D eigenvalue weighted by molar-refractivity contribution is 7.85. The van der Waals surface area contributed by atoms with E-state index in [2.05, 4.69) is 48.2 Å². The standard InChI is InChI=1S/C39H41N3O6S/c1-39(2,3)22-21-26-7-11-28(12-8-26)33(24-27-9-13-29(14-10-27)36(43)6-5-23-49(45,46)47)38(44)40-31-17-15-30(16-18-31)37-41-34-20-19-32(48-4)25-35(34)42-37/h7-22,25,33H,5-6,23-24H2,1-4H3,(H,40,44)(H,41,42)(H,45,46,47)/b22-21+. The molecule has 0 aliphatic rings. The minimum Gasteiger partial charge on any atom is -0.497 e. The van der Waals surface area contributed by atoms with Crippen LogP contribution in [0.1, 0.15) is 66.6 Å². The Balaban J connectivity index is 1.33. The molecule has 0 bridgehead atoms. The third kappa shape index (κ3) is 9.98. The first-order valence-corrected chi connectivity index (χ1v) is 17.7. The number of rotatable bonds is 13. The smallest absolute Gasteiger partial charge is 0.264 e. The minimum atomic E-state index is -4.12. The maximum atomic E-state index is 13.9. The van der Waals surface area contributed by atoms with E-state index in [0.717, 1.165) is 39.0 Å². The Morgan fingerprint density at radius 2 is 1.65 bits per heavy atom. The Morgan fingerprint density at radius 3 is 2.29 bits per heavy atom. The van der Waals surface area contributed by atoms with Crippen LogP contribution in [0.2, 0.25) is 0 Å². The summed E-state index contributed by atoms with van der Waals surface area (Å²) in [6.45, 7) is 6.41. The fraction of sp³-hybridized carbons (Fsp3) is 0.256. The number of nitrogens with one attached hydrogen (secondary N) is 2. The van der Waals surface area contributed by atoms with Gasteiger partial charge in [0.1, 0.15) is 11.6 Å². The lowest BCUT2D eigenvalue weighted by molar-refractivity contribution is -0.117. The van der Waals surface area contributed by atoms with Crippen molar-refractivity contribution in [3.8, 4) is 17.1 Å². The first-order valence-electron chi connectivity index (χ1n) is 16.1. The molecule has 5 aromatic rings. The lowest BCUT2D eigenvalue weighted by Gasteiger charge is -2.18. The van der Waals surface area contributed by atoms with E-state index >= 15 is 0 Å². The Labute approximate surface area is 287 Å². The summed E-state index contributed by atoms with van der Waals surface area (Å²) < 4.78 is 36.3.